The highest BCUT2D eigenvalue weighted by Gasteiger charge is 2.42. The summed E-state index contributed by atoms with van der Waals surface area (Å²) in [6.45, 7) is 7.55. The van der Waals surface area contributed by atoms with Gasteiger partial charge in [-0.05, 0) is 30.6 Å². The van der Waals surface area contributed by atoms with Gasteiger partial charge in [-0.3, -0.25) is 9.59 Å². The Balaban J connectivity index is 2.12. The third-order valence-electron chi connectivity index (χ3n) is 4.79. The summed E-state index contributed by atoms with van der Waals surface area (Å²) in [5, 5.41) is 9.57. The molecule has 1 saturated heterocycles. The van der Waals surface area contributed by atoms with Gasteiger partial charge in [-0.2, -0.15) is 0 Å². The fraction of sp³-hybridized carbons (Fsp3) is 0.556. The number of thiophene rings is 1. The average Bonchev–Trinajstić information content (AvgIpc) is 3.15. The number of nitrogens with zero attached hydrogens (tertiary/aromatic N) is 1. The minimum atomic E-state index is -0.464. The molecule has 0 spiro atoms. The molecular weight excluding hydrogens is 342 g/mol. The first-order valence-corrected chi connectivity index (χ1v) is 10.2. The maximum Gasteiger partial charge on any atom is 0.264 e. The largest absolute Gasteiger partial charge is 0.515 e. The fourth-order valence-electron chi connectivity index (χ4n) is 3.52. The molecule has 0 radical (unpaired) electrons. The lowest BCUT2D eigenvalue weighted by Crippen LogP contribution is -2.33. The topological polar surface area (TPSA) is 57.6 Å². The molecule has 0 unspecified atom stereocenters. The van der Waals surface area contributed by atoms with E-state index in [2.05, 4.69) is 0 Å². The van der Waals surface area contributed by atoms with Crippen LogP contribution in [-0.2, 0) is 6.42 Å². The summed E-state index contributed by atoms with van der Waals surface area (Å²) in [6.07, 6.45) is 3.66. The van der Waals surface area contributed by atoms with E-state index in [1.165, 1.54) is 11.3 Å². The number of likely N-dealkylation sites (tertiary alicyclic amines) is 1. The zero-order valence-corrected chi connectivity index (χ0v) is 16.0. The SMILES string of the molecule is CCSc1sc(C(=O)N2CCCC2)c2c1C(=O)/C(=C/O)C(C)(C)C2. The van der Waals surface area contributed by atoms with Crippen molar-refractivity contribution in [1.29, 1.82) is 0 Å². The van der Waals surface area contributed by atoms with Gasteiger partial charge < -0.3 is 10.0 Å². The van der Waals surface area contributed by atoms with E-state index in [0.29, 0.717) is 17.6 Å². The minimum Gasteiger partial charge on any atom is -0.515 e. The van der Waals surface area contributed by atoms with Crippen LogP contribution in [0.25, 0.3) is 0 Å². The summed E-state index contributed by atoms with van der Waals surface area (Å²) < 4.78 is 0.912. The van der Waals surface area contributed by atoms with Gasteiger partial charge in [-0.15, -0.1) is 23.1 Å². The highest BCUT2D eigenvalue weighted by Crippen LogP contribution is 2.47. The van der Waals surface area contributed by atoms with E-state index in [0.717, 1.165) is 52.6 Å². The number of thioether (sulfide) groups is 1. The van der Waals surface area contributed by atoms with Crippen molar-refractivity contribution < 1.29 is 14.7 Å². The number of allylic oxidation sites excluding steroid dienone is 1. The van der Waals surface area contributed by atoms with Crippen LogP contribution in [0.5, 0.6) is 0 Å². The van der Waals surface area contributed by atoms with Crippen LogP contribution in [0.1, 0.15) is 59.2 Å². The van der Waals surface area contributed by atoms with Crippen LogP contribution in [0.2, 0.25) is 0 Å². The summed E-state index contributed by atoms with van der Waals surface area (Å²) in [7, 11) is 0. The number of ketones is 1. The summed E-state index contributed by atoms with van der Waals surface area (Å²) in [5.41, 5.74) is 1.50. The number of hydrogen-bond donors (Lipinski definition) is 1. The zero-order valence-electron chi connectivity index (χ0n) is 14.3. The molecule has 130 valence electrons. The van der Waals surface area contributed by atoms with Gasteiger partial charge in [-0.1, -0.05) is 20.8 Å². The number of carbonyl (C=O) groups is 2. The molecule has 1 aliphatic carbocycles. The van der Waals surface area contributed by atoms with Crippen molar-refractivity contribution in [3.63, 3.8) is 0 Å². The number of rotatable bonds is 3. The van der Waals surface area contributed by atoms with Crippen molar-refractivity contribution in [2.24, 2.45) is 5.41 Å². The monoisotopic (exact) mass is 365 g/mol. The first-order chi connectivity index (χ1) is 11.4. The van der Waals surface area contributed by atoms with Crippen LogP contribution in [0.3, 0.4) is 0 Å². The molecule has 1 aliphatic heterocycles. The Kier molecular flexibility index (Phi) is 4.80. The van der Waals surface area contributed by atoms with Crippen LogP contribution < -0.4 is 0 Å². The molecule has 2 heterocycles. The molecule has 1 fully saturated rings. The molecular formula is C18H23NO3S2. The van der Waals surface area contributed by atoms with Gasteiger partial charge in [0.1, 0.15) is 0 Å². The van der Waals surface area contributed by atoms with E-state index >= 15 is 0 Å². The molecule has 6 heteroatoms. The van der Waals surface area contributed by atoms with E-state index in [4.69, 9.17) is 0 Å². The van der Waals surface area contributed by atoms with E-state index in [9.17, 15) is 14.7 Å². The third kappa shape index (κ3) is 2.80. The van der Waals surface area contributed by atoms with E-state index in [-0.39, 0.29) is 11.7 Å². The first kappa shape index (κ1) is 17.5. The summed E-state index contributed by atoms with van der Waals surface area (Å²) >= 11 is 3.06. The molecule has 24 heavy (non-hydrogen) atoms. The van der Waals surface area contributed by atoms with Gasteiger partial charge in [0.05, 0.1) is 20.9 Å². The Morgan fingerprint density at radius 3 is 2.62 bits per heavy atom. The Morgan fingerprint density at radius 1 is 1.38 bits per heavy atom. The predicted octanol–water partition coefficient (Wildman–Crippen LogP) is 4.30. The molecule has 2 aliphatic rings. The maximum atomic E-state index is 13.0. The lowest BCUT2D eigenvalue weighted by Gasteiger charge is -2.32. The second-order valence-corrected chi connectivity index (χ2v) is 9.49. The molecule has 1 aromatic rings. The molecule has 1 N–H and O–H groups in total. The van der Waals surface area contributed by atoms with Gasteiger partial charge in [0, 0.05) is 24.1 Å². The highest BCUT2D eigenvalue weighted by atomic mass is 32.2. The zero-order chi connectivity index (χ0) is 17.5. The number of amides is 1. The van der Waals surface area contributed by atoms with Crippen molar-refractivity contribution in [3.8, 4) is 0 Å². The first-order valence-electron chi connectivity index (χ1n) is 8.38. The average molecular weight is 366 g/mol. The molecule has 1 amide bonds. The Morgan fingerprint density at radius 2 is 2.04 bits per heavy atom. The number of fused-ring (bicyclic) bond motifs is 1. The van der Waals surface area contributed by atoms with Crippen LogP contribution >= 0.6 is 23.1 Å². The smallest absolute Gasteiger partial charge is 0.264 e. The number of Topliss-reactive ketones (excluding diaryl/α,β-unsaturated/α-hetero) is 1. The predicted molar refractivity (Wildman–Crippen MR) is 98.4 cm³/mol. The standard InChI is InChI=1S/C18H23NO3S2/c1-4-23-17-13-11(9-18(2,3)12(10-20)14(13)21)15(24-17)16(22)19-7-5-6-8-19/h10,20H,4-9H2,1-3H3/b12-10-. The number of aliphatic hydroxyl groups is 1. The van der Waals surface area contributed by atoms with E-state index < -0.39 is 5.41 Å². The third-order valence-corrected chi connectivity index (χ3v) is 7.16. The second kappa shape index (κ2) is 6.56. The lowest BCUT2D eigenvalue weighted by atomic mass is 9.71. The van der Waals surface area contributed by atoms with Crippen molar-refractivity contribution in [1.82, 2.24) is 4.90 Å². The maximum absolute atomic E-state index is 13.0. The second-order valence-electron chi connectivity index (χ2n) is 6.94. The quantitative estimate of drug-likeness (QED) is 0.493. The molecule has 0 atom stereocenters. The summed E-state index contributed by atoms with van der Waals surface area (Å²) in [6, 6.07) is 0. The van der Waals surface area contributed by atoms with Gasteiger partial charge in [-0.25, -0.2) is 0 Å². The number of hydrogen-bond acceptors (Lipinski definition) is 5. The summed E-state index contributed by atoms with van der Waals surface area (Å²) in [4.78, 5) is 28.5. The Bertz CT molecular complexity index is 712. The number of aliphatic hydroxyl groups excluding tert-OH is 1. The molecule has 4 nitrogen and oxygen atoms in total. The van der Waals surface area contributed by atoms with E-state index in [1.807, 2.05) is 25.7 Å². The van der Waals surface area contributed by atoms with Gasteiger partial charge in [0.2, 0.25) is 0 Å². The minimum absolute atomic E-state index is 0.0664. The molecule has 0 saturated carbocycles. The fourth-order valence-corrected chi connectivity index (χ4v) is 6.00. The van der Waals surface area contributed by atoms with Gasteiger partial charge >= 0.3 is 0 Å². The van der Waals surface area contributed by atoms with Crippen LogP contribution in [0.15, 0.2) is 16.0 Å². The molecule has 3 rings (SSSR count). The molecule has 1 aromatic heterocycles. The van der Waals surface area contributed by atoms with Crippen LogP contribution in [-0.4, -0.2) is 40.5 Å². The Hall–Kier alpha value is -1.27. The van der Waals surface area contributed by atoms with Gasteiger partial charge in [0.25, 0.3) is 5.91 Å². The normalized spacial score (nSPS) is 21.4. The van der Waals surface area contributed by atoms with E-state index in [1.54, 1.807) is 11.8 Å². The Labute approximate surface area is 150 Å². The van der Waals surface area contributed by atoms with Crippen molar-refractivity contribution >= 4 is 34.8 Å². The van der Waals surface area contributed by atoms with Crippen LogP contribution in [0.4, 0.5) is 0 Å². The number of carbonyl (C=O) groups excluding carboxylic acids is 2. The molecule has 0 bridgehead atoms. The summed E-state index contributed by atoms with van der Waals surface area (Å²) in [5.74, 6) is 0.784. The molecule has 0 aromatic carbocycles. The van der Waals surface area contributed by atoms with Crippen molar-refractivity contribution in [3.05, 3.63) is 27.8 Å². The van der Waals surface area contributed by atoms with Crippen LogP contribution in [0, 0.1) is 5.41 Å². The lowest BCUT2D eigenvalue weighted by molar-refractivity contribution is 0.0796. The van der Waals surface area contributed by atoms with Crippen molar-refractivity contribution in [2.75, 3.05) is 18.8 Å². The highest BCUT2D eigenvalue weighted by molar-refractivity contribution is 8.01. The van der Waals surface area contributed by atoms with Gasteiger partial charge in [0.15, 0.2) is 5.78 Å². The van der Waals surface area contributed by atoms with Crippen molar-refractivity contribution in [2.45, 2.75) is 44.2 Å².